The molecule has 0 saturated carbocycles. The molecule has 5 rings (SSSR count). The van der Waals surface area contributed by atoms with Gasteiger partial charge in [-0.25, -0.2) is 19.2 Å². The van der Waals surface area contributed by atoms with Crippen LogP contribution in [0.25, 0.3) is 0 Å². The van der Waals surface area contributed by atoms with Gasteiger partial charge in [-0.2, -0.15) is 4.99 Å². The van der Waals surface area contributed by atoms with Crippen molar-refractivity contribution in [3.63, 3.8) is 0 Å². The highest BCUT2D eigenvalue weighted by atomic mass is 35.5. The molecule has 3 aromatic carbocycles. The van der Waals surface area contributed by atoms with E-state index in [1.54, 1.807) is 144 Å². The number of nitrogen functional groups attached to an aromatic ring is 2. The predicted molar refractivity (Wildman–Crippen MR) is 325 cm³/mol. The third-order valence-electron chi connectivity index (χ3n) is 8.58. The van der Waals surface area contributed by atoms with E-state index in [-0.39, 0.29) is 29.3 Å². The van der Waals surface area contributed by atoms with Crippen LogP contribution in [0, 0.1) is 0 Å². The van der Waals surface area contributed by atoms with Crippen LogP contribution >= 0.6 is 94.0 Å². The Balaban J connectivity index is 0.000000506. The largest absolute Gasteiger partial charge is 0.519 e. The summed E-state index contributed by atoms with van der Waals surface area (Å²) in [5.41, 5.74) is 16.8. The highest BCUT2D eigenvalue weighted by Crippen LogP contribution is 2.36. The minimum absolute atomic E-state index is 0.149. The molecule has 0 aliphatic heterocycles. The Morgan fingerprint density at radius 2 is 0.900 bits per heavy atom. The van der Waals surface area contributed by atoms with Crippen molar-refractivity contribution in [1.29, 1.82) is 0 Å². The molecule has 0 radical (unpaired) electrons. The summed E-state index contributed by atoms with van der Waals surface area (Å²) >= 11 is 45.1. The van der Waals surface area contributed by atoms with Gasteiger partial charge in [0, 0.05) is 44.2 Å². The lowest BCUT2D eigenvalue weighted by molar-refractivity contribution is -0.0294. The average Bonchev–Trinajstić information content (AvgIpc) is 3.32. The number of halogens is 6. The zero-order valence-electron chi connectivity index (χ0n) is 45.9. The van der Waals surface area contributed by atoms with E-state index in [2.05, 4.69) is 37.7 Å². The van der Waals surface area contributed by atoms with Crippen LogP contribution in [0.3, 0.4) is 0 Å². The SMILES string of the molecule is CC(C)(C)OC(=O)NCc1ccc(Cl)c(N)c1Cl.CC(C)(C)OC(=O)NCc1ccc(Cl)c(N=C=S)c1Cl.CC(C)(C)OC(=O)OC(=O)OC(C)(C)C.NCc1ccc(Cl)c(N)c1Cl.O=c1ccccn1C(=S)n1ccccc1=O. The summed E-state index contributed by atoms with van der Waals surface area (Å²) in [6, 6.07) is 19.5. The first-order chi connectivity index (χ1) is 36.8. The fourth-order valence-electron chi connectivity index (χ4n) is 5.25. The molecular weight excluding hydrogens is 1200 g/mol. The molecule has 2 heterocycles. The molecule has 2 aromatic heterocycles. The lowest BCUT2D eigenvalue weighted by atomic mass is 10.2. The van der Waals surface area contributed by atoms with Crippen molar-refractivity contribution < 1.29 is 42.9 Å². The Bertz CT molecular complexity index is 3050. The molecule has 27 heteroatoms. The molecule has 0 aliphatic rings. The van der Waals surface area contributed by atoms with Crippen LogP contribution in [0.5, 0.6) is 0 Å². The maximum absolute atomic E-state index is 11.6. The number of hydrogen-bond donors (Lipinski definition) is 5. The summed E-state index contributed by atoms with van der Waals surface area (Å²) in [5.74, 6) is 0. The summed E-state index contributed by atoms with van der Waals surface area (Å²) < 4.78 is 26.5. The molecule has 0 aliphatic carbocycles. The van der Waals surface area contributed by atoms with Crippen LogP contribution < -0.4 is 39.0 Å². The van der Waals surface area contributed by atoms with Gasteiger partial charge in [0.1, 0.15) is 28.1 Å². The number of ether oxygens (including phenoxy) is 5. The van der Waals surface area contributed by atoms with Gasteiger partial charge in [0.15, 0.2) is 5.11 Å². The van der Waals surface area contributed by atoms with Crippen molar-refractivity contribution >= 4 is 146 Å². The average molecular weight is 1270 g/mol. The Morgan fingerprint density at radius 3 is 1.25 bits per heavy atom. The van der Waals surface area contributed by atoms with Gasteiger partial charge in [0.05, 0.1) is 46.7 Å². The number of nitrogens with zero attached hydrogens (tertiary/aromatic N) is 3. The minimum Gasteiger partial charge on any atom is -0.444 e. The van der Waals surface area contributed by atoms with Crippen molar-refractivity contribution in [3.8, 4) is 0 Å². The maximum atomic E-state index is 11.6. The van der Waals surface area contributed by atoms with E-state index in [0.29, 0.717) is 64.9 Å². The molecule has 0 atom stereocenters. The van der Waals surface area contributed by atoms with E-state index in [1.165, 1.54) is 33.7 Å². The van der Waals surface area contributed by atoms with E-state index in [1.807, 2.05) is 0 Å². The van der Waals surface area contributed by atoms with Gasteiger partial charge in [-0.05, 0) is 155 Å². The van der Waals surface area contributed by atoms with Crippen molar-refractivity contribution in [2.45, 2.75) is 125 Å². The van der Waals surface area contributed by atoms with Crippen LogP contribution in [-0.2, 0) is 43.3 Å². The topological polar surface area (TPSA) is 273 Å². The van der Waals surface area contributed by atoms with Crippen molar-refractivity contribution in [1.82, 2.24) is 19.8 Å². The van der Waals surface area contributed by atoms with Gasteiger partial charge in [-0.1, -0.05) is 99.9 Å². The number of thiocarbonyl (C=S) groups is 2. The van der Waals surface area contributed by atoms with Gasteiger partial charge < -0.3 is 51.5 Å². The Kier molecular flexibility index (Phi) is 29.8. The smallest absolute Gasteiger partial charge is 0.444 e. The Labute approximate surface area is 505 Å². The number of benzene rings is 3. The normalized spacial score (nSPS) is 10.8. The molecule has 2 amide bonds. The van der Waals surface area contributed by atoms with Gasteiger partial charge >= 0.3 is 24.5 Å². The molecule has 0 bridgehead atoms. The second-order valence-electron chi connectivity index (χ2n) is 20.0. The number of isothiocyanates is 1. The maximum Gasteiger partial charge on any atom is 0.519 e. The lowest BCUT2D eigenvalue weighted by Gasteiger charge is -2.20. The van der Waals surface area contributed by atoms with Crippen molar-refractivity contribution in [3.05, 3.63) is 153 Å². The summed E-state index contributed by atoms with van der Waals surface area (Å²) in [5, 5.41) is 9.93. The number of nitrogens with two attached hydrogens (primary N) is 3. The quantitative estimate of drug-likeness (QED) is 0.0264. The summed E-state index contributed by atoms with van der Waals surface area (Å²) in [7, 11) is 0. The third kappa shape index (κ3) is 27.9. The van der Waals surface area contributed by atoms with Crippen LogP contribution in [0.2, 0.25) is 30.1 Å². The number of alkyl carbamates (subject to hydrolysis) is 2. The van der Waals surface area contributed by atoms with E-state index in [9.17, 15) is 28.8 Å². The first-order valence-electron chi connectivity index (χ1n) is 23.5. The summed E-state index contributed by atoms with van der Waals surface area (Å²) in [4.78, 5) is 71.9. The van der Waals surface area contributed by atoms with Gasteiger partial charge in [-0.15, -0.1) is 0 Å². The van der Waals surface area contributed by atoms with Gasteiger partial charge in [0.25, 0.3) is 11.1 Å². The Morgan fingerprint density at radius 1 is 0.550 bits per heavy atom. The summed E-state index contributed by atoms with van der Waals surface area (Å²) in [6.07, 6.45) is -0.0854. The zero-order chi connectivity index (χ0) is 61.5. The number of carbonyl (C=O) groups excluding carboxylic acids is 4. The molecule has 0 unspecified atom stereocenters. The molecule has 0 saturated heterocycles. The minimum atomic E-state index is -1.06. The highest BCUT2D eigenvalue weighted by molar-refractivity contribution is 7.80. The van der Waals surface area contributed by atoms with Gasteiger partial charge in [0.2, 0.25) is 0 Å². The van der Waals surface area contributed by atoms with Crippen LogP contribution in [0.15, 0.2) is 99.8 Å². The molecule has 436 valence electrons. The number of amides is 2. The number of anilines is 2. The fourth-order valence-corrected chi connectivity index (χ4v) is 7.05. The number of nitrogens with one attached hydrogen (secondary N) is 2. The molecule has 8 N–H and O–H groups in total. The van der Waals surface area contributed by atoms with E-state index >= 15 is 0 Å². The van der Waals surface area contributed by atoms with Crippen LogP contribution in [0.4, 0.5) is 36.2 Å². The number of hydrogen-bond acceptors (Lipinski definition) is 17. The van der Waals surface area contributed by atoms with Crippen molar-refractivity contribution in [2.75, 3.05) is 11.5 Å². The number of carbonyl (C=O) groups is 4. The Hall–Kier alpha value is -5.97. The second-order valence-corrected chi connectivity index (χ2v) is 22.9. The van der Waals surface area contributed by atoms with E-state index in [4.69, 9.17) is 118 Å². The van der Waals surface area contributed by atoms with E-state index < -0.39 is 46.9 Å². The molecule has 0 fully saturated rings. The van der Waals surface area contributed by atoms with Crippen LogP contribution in [-0.4, -0.2) is 66.3 Å². The molecule has 19 nitrogen and oxygen atoms in total. The molecular formula is C53H64Cl6N8O11S2. The first kappa shape index (κ1) is 72.0. The number of rotatable bonds is 6. The standard InChI is InChI=1S/C13H14Cl2N2O2S.C12H16Cl2N2O2.C11H8N2O2S.C10H18O5.C7H8Cl2N2/c1-13(2,3)19-12(18)16-6-8-4-5-9(14)11(10(8)15)17-7-20;1-12(2,3)18-11(17)16-6-7-4-5-8(13)10(15)9(7)14;14-9-5-1-3-7-12(9)11(16)13-8-4-2-6-10(13)15;1-9(2,3)14-7(11)13-8(12)15-10(4,5)6;8-5-2-1-4(3-10)6(9)7(5)11/h4-5H,6H2,1-3H3,(H,16,18);4-5H,6,15H2,1-3H3,(H,16,17);1-8H;1-6H3;1-2H,3,10-11H2. The van der Waals surface area contributed by atoms with Gasteiger partial charge in [-0.3, -0.25) is 18.7 Å². The first-order valence-corrected chi connectivity index (χ1v) is 26.6. The second kappa shape index (κ2) is 33.1. The van der Waals surface area contributed by atoms with Crippen LogP contribution in [0.1, 0.15) is 99.8 Å². The fraction of sp³-hybridized carbons (Fsp3) is 0.358. The van der Waals surface area contributed by atoms with E-state index in [0.717, 1.165) is 5.56 Å². The molecule has 5 aromatic rings. The number of pyridine rings is 2. The summed E-state index contributed by atoms with van der Waals surface area (Å²) in [6.45, 7) is 21.6. The zero-order valence-corrected chi connectivity index (χ0v) is 52.0. The lowest BCUT2D eigenvalue weighted by Crippen LogP contribution is -2.35. The molecule has 80 heavy (non-hydrogen) atoms. The number of aliphatic imine (C=N–C) groups is 1. The van der Waals surface area contributed by atoms with Crippen molar-refractivity contribution in [2.24, 2.45) is 10.7 Å². The predicted octanol–water partition coefficient (Wildman–Crippen LogP) is 14.0. The third-order valence-corrected chi connectivity index (χ3v) is 11.3. The molecule has 0 spiro atoms. The highest BCUT2D eigenvalue weighted by Gasteiger charge is 2.25. The number of aromatic nitrogens is 2. The monoisotopic (exact) mass is 1260 g/mol.